The Morgan fingerprint density at radius 1 is 1.60 bits per heavy atom. The maximum atomic E-state index is 11.0. The smallest absolute Gasteiger partial charge is 0.356 e. The molecule has 0 aliphatic heterocycles. The molecular formula is C8H8N4O2S. The molecule has 0 aliphatic rings. The predicted octanol–water partition coefficient (Wildman–Crippen LogP) is 0.945. The third kappa shape index (κ3) is 1.50. The molecule has 0 fully saturated rings. The lowest BCUT2D eigenvalue weighted by atomic mass is 10.2. The van der Waals surface area contributed by atoms with E-state index >= 15 is 0 Å². The molecule has 0 bridgehead atoms. The maximum Gasteiger partial charge on any atom is 0.356 e. The molecule has 15 heavy (non-hydrogen) atoms. The highest BCUT2D eigenvalue weighted by Gasteiger charge is 2.21. The number of aryl methyl sites for hydroxylation is 2. The summed E-state index contributed by atoms with van der Waals surface area (Å²) < 4.78 is 1.25. The summed E-state index contributed by atoms with van der Waals surface area (Å²) in [6.07, 6.45) is 0. The third-order valence-corrected chi connectivity index (χ3v) is 2.93. The number of carbonyl (C=O) groups is 1. The van der Waals surface area contributed by atoms with Crippen LogP contribution in [0.25, 0.3) is 10.6 Å². The van der Waals surface area contributed by atoms with Crippen molar-refractivity contribution in [3.8, 4) is 10.6 Å². The summed E-state index contributed by atoms with van der Waals surface area (Å²) in [5, 5.41) is 16.6. The molecule has 0 spiro atoms. The third-order valence-electron chi connectivity index (χ3n) is 1.99. The van der Waals surface area contributed by atoms with E-state index in [0.717, 1.165) is 10.6 Å². The van der Waals surface area contributed by atoms with Crippen LogP contribution in [0, 0.1) is 6.92 Å². The normalized spacial score (nSPS) is 10.5. The zero-order valence-electron chi connectivity index (χ0n) is 8.13. The molecule has 0 amide bonds. The molecule has 6 nitrogen and oxygen atoms in total. The van der Waals surface area contributed by atoms with Gasteiger partial charge >= 0.3 is 5.97 Å². The fourth-order valence-corrected chi connectivity index (χ4v) is 2.07. The van der Waals surface area contributed by atoms with Crippen LogP contribution in [0.15, 0.2) is 5.51 Å². The van der Waals surface area contributed by atoms with Gasteiger partial charge in [-0.3, -0.25) is 0 Å². The molecule has 1 N–H and O–H groups in total. The van der Waals surface area contributed by atoms with Crippen LogP contribution in [0.1, 0.15) is 16.2 Å². The van der Waals surface area contributed by atoms with Crippen LogP contribution in [0.4, 0.5) is 0 Å². The Bertz CT molecular complexity index is 516. The minimum absolute atomic E-state index is 0.0855. The highest BCUT2D eigenvalue weighted by Crippen LogP contribution is 2.27. The largest absolute Gasteiger partial charge is 0.476 e. The Hall–Kier alpha value is -1.76. The summed E-state index contributed by atoms with van der Waals surface area (Å²) in [5.41, 5.74) is 2.89. The SMILES string of the molecule is Cc1ncsc1-c1nnn(C)c1C(=O)O. The number of hydrogen-bond donors (Lipinski definition) is 1. The van der Waals surface area contributed by atoms with E-state index in [1.807, 2.05) is 6.92 Å². The van der Waals surface area contributed by atoms with Gasteiger partial charge in [-0.2, -0.15) is 0 Å². The van der Waals surface area contributed by atoms with Crippen LogP contribution in [-0.4, -0.2) is 31.1 Å². The molecule has 0 atom stereocenters. The number of aromatic nitrogens is 4. The summed E-state index contributed by atoms with van der Waals surface area (Å²) >= 11 is 1.36. The molecule has 2 rings (SSSR count). The van der Waals surface area contributed by atoms with Crippen molar-refractivity contribution in [3.05, 3.63) is 16.9 Å². The minimum atomic E-state index is -1.04. The van der Waals surface area contributed by atoms with Crippen LogP contribution < -0.4 is 0 Å². The van der Waals surface area contributed by atoms with Crippen molar-refractivity contribution in [3.63, 3.8) is 0 Å². The first-order chi connectivity index (χ1) is 7.11. The van der Waals surface area contributed by atoms with E-state index in [9.17, 15) is 4.79 Å². The number of thiazole rings is 1. The van der Waals surface area contributed by atoms with Gasteiger partial charge in [-0.1, -0.05) is 5.21 Å². The highest BCUT2D eigenvalue weighted by molar-refractivity contribution is 7.13. The highest BCUT2D eigenvalue weighted by atomic mass is 32.1. The second kappa shape index (κ2) is 3.43. The topological polar surface area (TPSA) is 80.9 Å². The number of carboxylic acid groups (broad SMARTS) is 1. The fourth-order valence-electron chi connectivity index (χ4n) is 1.28. The van der Waals surface area contributed by atoms with Gasteiger partial charge in [0.25, 0.3) is 0 Å². The van der Waals surface area contributed by atoms with Crippen molar-refractivity contribution in [1.29, 1.82) is 0 Å². The van der Waals surface area contributed by atoms with Crippen LogP contribution in [0.5, 0.6) is 0 Å². The Labute approximate surface area is 89.2 Å². The van der Waals surface area contributed by atoms with Crippen LogP contribution >= 0.6 is 11.3 Å². The average molecular weight is 224 g/mol. The fraction of sp³-hybridized carbons (Fsp3) is 0.250. The van der Waals surface area contributed by atoms with Gasteiger partial charge in [0.15, 0.2) is 5.69 Å². The quantitative estimate of drug-likeness (QED) is 0.821. The number of hydrogen-bond acceptors (Lipinski definition) is 5. The first kappa shape index (κ1) is 9.78. The second-order valence-corrected chi connectivity index (χ2v) is 3.84. The molecule has 78 valence electrons. The summed E-state index contributed by atoms with van der Waals surface area (Å²) in [7, 11) is 1.55. The Morgan fingerprint density at radius 3 is 2.87 bits per heavy atom. The van der Waals surface area contributed by atoms with Crippen molar-refractivity contribution in [2.24, 2.45) is 7.05 Å². The first-order valence-corrected chi connectivity index (χ1v) is 5.02. The summed E-state index contributed by atoms with van der Waals surface area (Å²) in [4.78, 5) is 15.8. The molecule has 0 aliphatic carbocycles. The summed E-state index contributed by atoms with van der Waals surface area (Å²) in [6, 6.07) is 0. The molecule has 2 aromatic rings. The molecule has 0 saturated carbocycles. The lowest BCUT2D eigenvalue weighted by molar-refractivity contribution is 0.0686. The van der Waals surface area contributed by atoms with E-state index in [-0.39, 0.29) is 5.69 Å². The van der Waals surface area contributed by atoms with Crippen molar-refractivity contribution in [2.75, 3.05) is 0 Å². The molecule has 7 heteroatoms. The van der Waals surface area contributed by atoms with E-state index < -0.39 is 5.97 Å². The van der Waals surface area contributed by atoms with Gasteiger partial charge in [0.1, 0.15) is 5.69 Å². The Morgan fingerprint density at radius 2 is 2.33 bits per heavy atom. The van der Waals surface area contributed by atoms with Crippen molar-refractivity contribution in [1.82, 2.24) is 20.0 Å². The van der Waals surface area contributed by atoms with Gasteiger partial charge in [-0.25, -0.2) is 14.5 Å². The zero-order chi connectivity index (χ0) is 11.0. The lowest BCUT2D eigenvalue weighted by Gasteiger charge is -1.96. The Balaban J connectivity index is 2.64. The molecule has 0 aromatic carbocycles. The predicted molar refractivity (Wildman–Crippen MR) is 53.8 cm³/mol. The molecule has 2 aromatic heterocycles. The van der Waals surface area contributed by atoms with Gasteiger partial charge in [-0.15, -0.1) is 16.4 Å². The molecule has 0 unspecified atom stereocenters. The molecule has 2 heterocycles. The first-order valence-electron chi connectivity index (χ1n) is 4.14. The zero-order valence-corrected chi connectivity index (χ0v) is 8.95. The average Bonchev–Trinajstić information content (AvgIpc) is 2.71. The molecular weight excluding hydrogens is 216 g/mol. The minimum Gasteiger partial charge on any atom is -0.476 e. The maximum absolute atomic E-state index is 11.0. The monoisotopic (exact) mass is 224 g/mol. The van der Waals surface area contributed by atoms with Crippen LogP contribution in [0.2, 0.25) is 0 Å². The van der Waals surface area contributed by atoms with Gasteiger partial charge in [-0.05, 0) is 6.92 Å². The van der Waals surface area contributed by atoms with Crippen molar-refractivity contribution in [2.45, 2.75) is 6.92 Å². The number of carboxylic acids is 1. The lowest BCUT2D eigenvalue weighted by Crippen LogP contribution is -2.06. The van der Waals surface area contributed by atoms with Crippen LogP contribution in [0.3, 0.4) is 0 Å². The van der Waals surface area contributed by atoms with Crippen molar-refractivity contribution < 1.29 is 9.90 Å². The van der Waals surface area contributed by atoms with Crippen molar-refractivity contribution >= 4 is 17.3 Å². The molecule has 0 radical (unpaired) electrons. The van der Waals surface area contributed by atoms with E-state index in [1.54, 1.807) is 12.6 Å². The van der Waals surface area contributed by atoms with E-state index in [0.29, 0.717) is 5.69 Å². The number of nitrogens with zero attached hydrogens (tertiary/aromatic N) is 4. The second-order valence-electron chi connectivity index (χ2n) is 2.98. The standard InChI is InChI=1S/C8H8N4O2S/c1-4-7(15-3-9-4)5-6(8(13)14)12(2)11-10-5/h3H,1-2H3,(H,13,14). The van der Waals surface area contributed by atoms with Gasteiger partial charge in [0.2, 0.25) is 0 Å². The van der Waals surface area contributed by atoms with Gasteiger partial charge < -0.3 is 5.11 Å². The van der Waals surface area contributed by atoms with Crippen LogP contribution in [-0.2, 0) is 7.05 Å². The molecule has 0 saturated heterocycles. The van der Waals surface area contributed by atoms with Gasteiger partial charge in [0, 0.05) is 7.05 Å². The summed E-state index contributed by atoms with van der Waals surface area (Å²) in [5.74, 6) is -1.04. The van der Waals surface area contributed by atoms with E-state index in [4.69, 9.17) is 5.11 Å². The van der Waals surface area contributed by atoms with E-state index in [1.165, 1.54) is 16.0 Å². The van der Waals surface area contributed by atoms with E-state index in [2.05, 4.69) is 15.3 Å². The number of rotatable bonds is 2. The Kier molecular flexibility index (Phi) is 2.24. The summed E-state index contributed by atoms with van der Waals surface area (Å²) in [6.45, 7) is 1.81. The number of aromatic carboxylic acids is 1. The van der Waals surface area contributed by atoms with Gasteiger partial charge in [0.05, 0.1) is 16.1 Å².